The zero-order valence-corrected chi connectivity index (χ0v) is 23.9. The molecule has 35 heavy (non-hydrogen) atoms. The van der Waals surface area contributed by atoms with Gasteiger partial charge >= 0.3 is 5.97 Å². The van der Waals surface area contributed by atoms with Gasteiger partial charge in [0, 0.05) is 17.8 Å². The smallest absolute Gasteiger partial charge is 0.302 e. The summed E-state index contributed by atoms with van der Waals surface area (Å²) in [6.07, 6.45) is 11.4. The van der Waals surface area contributed by atoms with Crippen molar-refractivity contribution in [3.8, 4) is 0 Å². The van der Waals surface area contributed by atoms with E-state index < -0.39 is 0 Å². The Kier molecular flexibility index (Phi) is 5.62. The standard InChI is InChI=1S/C32H50O3/c1-19-18-25(34)30(7)16-17-31(8)22(27(30)20(19)2)10-11-24-29(6)14-13-26(35-21(3)33)28(4,5)23(29)12-15-32(24,31)9/h18,20,22-24,26-27H,10-17H2,1-9H3. The topological polar surface area (TPSA) is 43.4 Å². The van der Waals surface area contributed by atoms with E-state index in [4.69, 9.17) is 4.74 Å². The van der Waals surface area contributed by atoms with Gasteiger partial charge in [0.15, 0.2) is 5.78 Å². The molecule has 0 heterocycles. The van der Waals surface area contributed by atoms with Crippen LogP contribution in [0.3, 0.4) is 0 Å². The number of esters is 1. The summed E-state index contributed by atoms with van der Waals surface area (Å²) >= 11 is 0. The number of fused-ring (bicyclic) bond motifs is 7. The molecule has 3 heteroatoms. The highest BCUT2D eigenvalue weighted by atomic mass is 16.5. The first-order chi connectivity index (χ1) is 16.1. The summed E-state index contributed by atoms with van der Waals surface area (Å²) in [6.45, 7) is 21.1. The molecule has 4 saturated carbocycles. The molecule has 3 nitrogen and oxygen atoms in total. The van der Waals surface area contributed by atoms with Crippen molar-refractivity contribution >= 4 is 11.8 Å². The zero-order chi connectivity index (χ0) is 25.8. The molecule has 10 unspecified atom stereocenters. The van der Waals surface area contributed by atoms with E-state index >= 15 is 0 Å². The molecule has 0 aliphatic heterocycles. The molecule has 0 aromatic heterocycles. The number of rotatable bonds is 1. The molecule has 196 valence electrons. The molecule has 5 aliphatic rings. The van der Waals surface area contributed by atoms with Gasteiger partial charge in [-0.25, -0.2) is 0 Å². The van der Waals surface area contributed by atoms with Crippen LogP contribution in [0.5, 0.6) is 0 Å². The van der Waals surface area contributed by atoms with E-state index in [0.29, 0.717) is 40.8 Å². The third-order valence-electron chi connectivity index (χ3n) is 13.7. The van der Waals surface area contributed by atoms with Crippen LogP contribution in [0.25, 0.3) is 0 Å². The van der Waals surface area contributed by atoms with Gasteiger partial charge in [-0.15, -0.1) is 0 Å². The molecule has 0 bridgehead atoms. The van der Waals surface area contributed by atoms with Crippen LogP contribution in [0.2, 0.25) is 0 Å². The molecule has 5 aliphatic carbocycles. The second-order valence-corrected chi connectivity index (χ2v) is 15.1. The highest BCUT2D eigenvalue weighted by Crippen LogP contribution is 2.76. The molecule has 0 radical (unpaired) electrons. The van der Waals surface area contributed by atoms with Crippen LogP contribution in [-0.2, 0) is 14.3 Å². The highest BCUT2D eigenvalue weighted by molar-refractivity contribution is 5.96. The third kappa shape index (κ3) is 3.14. The van der Waals surface area contributed by atoms with E-state index in [-0.39, 0.29) is 33.7 Å². The summed E-state index contributed by atoms with van der Waals surface area (Å²) in [5, 5.41) is 0. The number of carbonyl (C=O) groups excluding carboxylic acids is 2. The SMILES string of the molecule is CC(=O)OC1CCC2(C)C(CCC3(C)C2CCC2C4C(C)C(C)=CC(=O)C4(C)CCC23C)C1(C)C. The van der Waals surface area contributed by atoms with Crippen LogP contribution < -0.4 is 0 Å². The fraction of sp³-hybridized carbons (Fsp3) is 0.875. The van der Waals surface area contributed by atoms with Crippen LogP contribution in [-0.4, -0.2) is 17.9 Å². The summed E-state index contributed by atoms with van der Waals surface area (Å²) in [6, 6.07) is 0. The molecule has 0 spiro atoms. The van der Waals surface area contributed by atoms with Crippen molar-refractivity contribution in [3.63, 3.8) is 0 Å². The first kappa shape index (κ1) is 25.5. The van der Waals surface area contributed by atoms with E-state index in [9.17, 15) is 9.59 Å². The van der Waals surface area contributed by atoms with Gasteiger partial charge in [0.05, 0.1) is 0 Å². The van der Waals surface area contributed by atoms with Gasteiger partial charge in [-0.2, -0.15) is 0 Å². The van der Waals surface area contributed by atoms with Crippen LogP contribution in [0.1, 0.15) is 114 Å². The summed E-state index contributed by atoms with van der Waals surface area (Å²) in [4.78, 5) is 25.2. The molecule has 5 rings (SSSR count). The Balaban J connectivity index is 1.52. The number of ketones is 1. The molecule has 0 aromatic carbocycles. The lowest BCUT2D eigenvalue weighted by atomic mass is 9.31. The minimum Gasteiger partial charge on any atom is -0.462 e. The van der Waals surface area contributed by atoms with Crippen molar-refractivity contribution in [2.45, 2.75) is 120 Å². The van der Waals surface area contributed by atoms with E-state index in [2.05, 4.69) is 55.4 Å². The first-order valence-electron chi connectivity index (χ1n) is 14.5. The van der Waals surface area contributed by atoms with E-state index in [1.54, 1.807) is 6.92 Å². The Labute approximate surface area is 214 Å². The lowest BCUT2D eigenvalue weighted by Crippen LogP contribution is -2.67. The Morgan fingerprint density at radius 3 is 2.23 bits per heavy atom. The van der Waals surface area contributed by atoms with Crippen LogP contribution in [0.15, 0.2) is 11.6 Å². The Morgan fingerprint density at radius 2 is 1.57 bits per heavy atom. The van der Waals surface area contributed by atoms with Crippen molar-refractivity contribution in [1.82, 2.24) is 0 Å². The van der Waals surface area contributed by atoms with Gasteiger partial charge in [0.1, 0.15) is 6.10 Å². The normalized spacial score (nSPS) is 52.8. The maximum absolute atomic E-state index is 13.4. The van der Waals surface area contributed by atoms with Crippen LogP contribution >= 0.6 is 0 Å². The van der Waals surface area contributed by atoms with Crippen LogP contribution in [0.4, 0.5) is 0 Å². The predicted octanol–water partition coefficient (Wildman–Crippen LogP) is 7.77. The number of hydrogen-bond donors (Lipinski definition) is 0. The molecule has 0 aromatic rings. The van der Waals surface area contributed by atoms with Crippen LogP contribution in [0, 0.1) is 56.7 Å². The minimum absolute atomic E-state index is 0.00903. The Morgan fingerprint density at radius 1 is 0.886 bits per heavy atom. The summed E-state index contributed by atoms with van der Waals surface area (Å²) in [5.74, 6) is 3.13. The van der Waals surface area contributed by atoms with E-state index in [1.807, 2.05) is 6.08 Å². The molecular weight excluding hydrogens is 432 g/mol. The average molecular weight is 483 g/mol. The van der Waals surface area contributed by atoms with Crippen molar-refractivity contribution in [1.29, 1.82) is 0 Å². The molecule has 4 fully saturated rings. The number of ether oxygens (including phenoxy) is 1. The van der Waals surface area contributed by atoms with Gasteiger partial charge in [-0.05, 0) is 110 Å². The lowest BCUT2D eigenvalue weighted by molar-refractivity contribution is -0.250. The fourth-order valence-electron chi connectivity index (χ4n) is 11.5. The predicted molar refractivity (Wildman–Crippen MR) is 141 cm³/mol. The number of hydrogen-bond acceptors (Lipinski definition) is 3. The van der Waals surface area contributed by atoms with Gasteiger partial charge in [0.2, 0.25) is 0 Å². The zero-order valence-electron chi connectivity index (χ0n) is 23.9. The fourth-order valence-corrected chi connectivity index (χ4v) is 11.5. The molecule has 0 saturated heterocycles. The van der Waals surface area contributed by atoms with Crippen molar-refractivity contribution in [2.75, 3.05) is 0 Å². The average Bonchev–Trinajstić information content (AvgIpc) is 2.75. The third-order valence-corrected chi connectivity index (χ3v) is 13.7. The second kappa shape index (κ2) is 7.70. The lowest BCUT2D eigenvalue weighted by Gasteiger charge is -2.73. The largest absolute Gasteiger partial charge is 0.462 e. The summed E-state index contributed by atoms with van der Waals surface area (Å²) in [7, 11) is 0. The molecule has 10 atom stereocenters. The summed E-state index contributed by atoms with van der Waals surface area (Å²) < 4.78 is 5.89. The number of carbonyl (C=O) groups is 2. The van der Waals surface area contributed by atoms with Gasteiger partial charge in [0.25, 0.3) is 0 Å². The van der Waals surface area contributed by atoms with Crippen molar-refractivity contribution in [3.05, 3.63) is 11.6 Å². The van der Waals surface area contributed by atoms with Gasteiger partial charge in [-0.3, -0.25) is 9.59 Å². The summed E-state index contributed by atoms with van der Waals surface area (Å²) in [5.41, 5.74) is 1.98. The molecular formula is C32H50O3. The Bertz CT molecular complexity index is 962. The first-order valence-corrected chi connectivity index (χ1v) is 14.5. The quantitative estimate of drug-likeness (QED) is 0.358. The highest BCUT2D eigenvalue weighted by Gasteiger charge is 2.70. The van der Waals surface area contributed by atoms with E-state index in [0.717, 1.165) is 19.3 Å². The van der Waals surface area contributed by atoms with Gasteiger partial charge in [-0.1, -0.05) is 54.0 Å². The van der Waals surface area contributed by atoms with Crippen molar-refractivity contribution in [2.24, 2.45) is 56.7 Å². The maximum atomic E-state index is 13.4. The minimum atomic E-state index is -0.183. The van der Waals surface area contributed by atoms with Crippen molar-refractivity contribution < 1.29 is 14.3 Å². The van der Waals surface area contributed by atoms with E-state index in [1.165, 1.54) is 37.7 Å². The molecule has 0 amide bonds. The Hall–Kier alpha value is -1.12. The monoisotopic (exact) mass is 482 g/mol. The molecule has 0 N–H and O–H groups in total. The number of allylic oxidation sites excluding steroid dienone is 2. The maximum Gasteiger partial charge on any atom is 0.302 e. The van der Waals surface area contributed by atoms with Gasteiger partial charge < -0.3 is 4.74 Å². The second-order valence-electron chi connectivity index (χ2n) is 15.1.